The number of amides is 1. The number of aromatic nitrogens is 1. The smallest absolute Gasteiger partial charge is 0.278 e. The highest BCUT2D eigenvalue weighted by molar-refractivity contribution is 6.03. The van der Waals surface area contributed by atoms with Gasteiger partial charge in [0, 0.05) is 17.7 Å². The molecule has 1 heterocycles. The van der Waals surface area contributed by atoms with Gasteiger partial charge in [-0.15, -0.1) is 0 Å². The van der Waals surface area contributed by atoms with Crippen LogP contribution in [-0.2, 0) is 12.8 Å². The topological polar surface area (TPSA) is 55.1 Å². The van der Waals surface area contributed by atoms with E-state index in [1.54, 1.807) is 0 Å². The largest absolute Gasteiger partial charge is 0.360 e. The van der Waals surface area contributed by atoms with Crippen LogP contribution in [0.15, 0.2) is 28.8 Å². The zero-order chi connectivity index (χ0) is 16.6. The summed E-state index contributed by atoms with van der Waals surface area (Å²) in [4.78, 5) is 12.6. The van der Waals surface area contributed by atoms with E-state index >= 15 is 0 Å². The van der Waals surface area contributed by atoms with E-state index in [1.165, 1.54) is 0 Å². The molecule has 0 bridgehead atoms. The zero-order valence-electron chi connectivity index (χ0n) is 14.3. The predicted molar refractivity (Wildman–Crippen MR) is 90.6 cm³/mol. The number of benzene rings is 1. The van der Waals surface area contributed by atoms with Gasteiger partial charge in [0.1, 0.15) is 5.76 Å². The average molecular weight is 312 g/mol. The monoisotopic (exact) mass is 312 g/mol. The van der Waals surface area contributed by atoms with Crippen LogP contribution < -0.4 is 5.32 Å². The van der Waals surface area contributed by atoms with Crippen molar-refractivity contribution in [1.29, 1.82) is 0 Å². The van der Waals surface area contributed by atoms with Gasteiger partial charge in [0.2, 0.25) is 0 Å². The van der Waals surface area contributed by atoms with Crippen molar-refractivity contribution in [2.24, 2.45) is 11.3 Å². The molecule has 0 radical (unpaired) electrons. The van der Waals surface area contributed by atoms with Crippen molar-refractivity contribution in [2.45, 2.75) is 47.0 Å². The summed E-state index contributed by atoms with van der Waals surface area (Å²) < 4.78 is 5.42. The third-order valence-corrected chi connectivity index (χ3v) is 4.79. The Kier molecular flexibility index (Phi) is 4.00. The highest BCUT2D eigenvalue weighted by atomic mass is 16.5. The molecule has 23 heavy (non-hydrogen) atoms. The van der Waals surface area contributed by atoms with E-state index in [-0.39, 0.29) is 11.3 Å². The van der Waals surface area contributed by atoms with Crippen molar-refractivity contribution in [1.82, 2.24) is 5.16 Å². The number of carbonyl (C=O) groups is 1. The van der Waals surface area contributed by atoms with Crippen LogP contribution in [0.5, 0.6) is 0 Å². The second-order valence-corrected chi connectivity index (χ2v) is 7.56. The van der Waals surface area contributed by atoms with Gasteiger partial charge < -0.3 is 9.84 Å². The molecule has 1 atom stereocenters. The maximum Gasteiger partial charge on any atom is 0.278 e. The number of rotatable bonds is 2. The Labute approximate surface area is 137 Å². The summed E-state index contributed by atoms with van der Waals surface area (Å²) in [5.41, 5.74) is 3.59. The SMILES string of the molecule is Cc1ccc(NC(=O)c2noc3c2C[C@@H](C(C)(C)C)CC3)cc1. The molecule has 4 nitrogen and oxygen atoms in total. The molecule has 1 N–H and O–H groups in total. The number of fused-ring (bicyclic) bond motifs is 1. The number of nitrogens with one attached hydrogen (secondary N) is 1. The van der Waals surface area contributed by atoms with Gasteiger partial charge in [-0.05, 0) is 43.2 Å². The lowest BCUT2D eigenvalue weighted by molar-refractivity contribution is 0.101. The molecule has 3 rings (SSSR count). The summed E-state index contributed by atoms with van der Waals surface area (Å²) in [6.45, 7) is 8.78. The van der Waals surface area contributed by atoms with Crippen LogP contribution in [0.1, 0.15) is 54.6 Å². The first-order chi connectivity index (χ1) is 10.8. The molecular formula is C19H24N2O2. The van der Waals surface area contributed by atoms with Crippen molar-refractivity contribution in [2.75, 3.05) is 5.32 Å². The van der Waals surface area contributed by atoms with Crippen LogP contribution in [0, 0.1) is 18.3 Å². The Balaban J connectivity index is 1.80. The second-order valence-electron chi connectivity index (χ2n) is 7.56. The Morgan fingerprint density at radius 2 is 1.96 bits per heavy atom. The average Bonchev–Trinajstić information content (AvgIpc) is 2.92. The Morgan fingerprint density at radius 1 is 1.26 bits per heavy atom. The maximum atomic E-state index is 12.6. The highest BCUT2D eigenvalue weighted by Gasteiger charge is 2.34. The van der Waals surface area contributed by atoms with Crippen LogP contribution in [-0.4, -0.2) is 11.1 Å². The standard InChI is InChI=1S/C19H24N2O2/c1-12-5-8-14(9-6-12)20-18(22)17-15-11-13(19(2,3)4)7-10-16(15)23-21-17/h5-6,8-9,13H,7,10-11H2,1-4H3,(H,20,22)/t13-/m0/s1. The predicted octanol–water partition coefficient (Wildman–Crippen LogP) is 4.39. The number of carbonyl (C=O) groups excluding carboxylic acids is 1. The van der Waals surface area contributed by atoms with Crippen molar-refractivity contribution < 1.29 is 9.32 Å². The fraction of sp³-hybridized carbons (Fsp3) is 0.474. The Hall–Kier alpha value is -2.10. The lowest BCUT2D eigenvalue weighted by atomic mass is 9.71. The van der Waals surface area contributed by atoms with Gasteiger partial charge >= 0.3 is 0 Å². The Morgan fingerprint density at radius 3 is 2.61 bits per heavy atom. The summed E-state index contributed by atoms with van der Waals surface area (Å²) >= 11 is 0. The van der Waals surface area contributed by atoms with E-state index in [0.717, 1.165) is 41.8 Å². The van der Waals surface area contributed by atoms with Gasteiger partial charge in [-0.2, -0.15) is 0 Å². The summed E-state index contributed by atoms with van der Waals surface area (Å²) in [5.74, 6) is 1.23. The van der Waals surface area contributed by atoms with E-state index in [4.69, 9.17) is 4.52 Å². The minimum atomic E-state index is -0.187. The lowest BCUT2D eigenvalue weighted by Gasteiger charge is -2.33. The Bertz CT molecular complexity index is 708. The van der Waals surface area contributed by atoms with Crippen LogP contribution in [0.3, 0.4) is 0 Å². The summed E-state index contributed by atoms with van der Waals surface area (Å²) in [7, 11) is 0. The molecule has 0 unspecified atom stereocenters. The molecule has 122 valence electrons. The molecule has 1 aromatic carbocycles. The van der Waals surface area contributed by atoms with E-state index in [1.807, 2.05) is 31.2 Å². The van der Waals surface area contributed by atoms with Crippen LogP contribution in [0.4, 0.5) is 5.69 Å². The summed E-state index contributed by atoms with van der Waals surface area (Å²) in [6.07, 6.45) is 2.81. The molecule has 4 heteroatoms. The maximum absolute atomic E-state index is 12.6. The molecule has 0 saturated heterocycles. The van der Waals surface area contributed by atoms with Crippen molar-refractivity contribution in [3.63, 3.8) is 0 Å². The fourth-order valence-corrected chi connectivity index (χ4v) is 3.15. The first-order valence-electron chi connectivity index (χ1n) is 8.20. The highest BCUT2D eigenvalue weighted by Crippen LogP contribution is 2.38. The second kappa shape index (κ2) is 5.84. The minimum Gasteiger partial charge on any atom is -0.360 e. The molecular weight excluding hydrogens is 288 g/mol. The lowest BCUT2D eigenvalue weighted by Crippen LogP contribution is -2.27. The molecule has 2 aromatic rings. The molecule has 0 aliphatic heterocycles. The molecule has 1 aliphatic carbocycles. The van der Waals surface area contributed by atoms with Crippen molar-refractivity contribution in [3.05, 3.63) is 46.8 Å². The minimum absolute atomic E-state index is 0.187. The van der Waals surface area contributed by atoms with Gasteiger partial charge in [-0.3, -0.25) is 4.79 Å². The quantitative estimate of drug-likeness (QED) is 0.895. The first-order valence-corrected chi connectivity index (χ1v) is 8.20. The number of hydrogen-bond acceptors (Lipinski definition) is 3. The normalized spacial score (nSPS) is 17.7. The molecule has 0 saturated carbocycles. The van der Waals surface area contributed by atoms with Crippen LogP contribution in [0.25, 0.3) is 0 Å². The molecule has 0 fully saturated rings. The number of nitrogens with zero attached hydrogens (tertiary/aromatic N) is 1. The van der Waals surface area contributed by atoms with Crippen molar-refractivity contribution >= 4 is 11.6 Å². The number of anilines is 1. The summed E-state index contributed by atoms with van der Waals surface area (Å²) in [5, 5.41) is 6.95. The van der Waals surface area contributed by atoms with Gasteiger partial charge in [0.05, 0.1) is 0 Å². The third-order valence-electron chi connectivity index (χ3n) is 4.79. The number of hydrogen-bond donors (Lipinski definition) is 1. The summed E-state index contributed by atoms with van der Waals surface area (Å²) in [6, 6.07) is 7.75. The van der Waals surface area contributed by atoms with E-state index in [0.29, 0.717) is 11.6 Å². The van der Waals surface area contributed by atoms with E-state index in [9.17, 15) is 4.79 Å². The third kappa shape index (κ3) is 3.31. The first kappa shape index (κ1) is 15.8. The molecule has 1 amide bonds. The molecule has 1 aliphatic rings. The van der Waals surface area contributed by atoms with E-state index < -0.39 is 0 Å². The van der Waals surface area contributed by atoms with Gasteiger partial charge in [-0.1, -0.05) is 43.6 Å². The van der Waals surface area contributed by atoms with Crippen molar-refractivity contribution in [3.8, 4) is 0 Å². The van der Waals surface area contributed by atoms with Crippen LogP contribution in [0.2, 0.25) is 0 Å². The number of aryl methyl sites for hydroxylation is 2. The van der Waals surface area contributed by atoms with Crippen LogP contribution >= 0.6 is 0 Å². The fourth-order valence-electron chi connectivity index (χ4n) is 3.15. The molecule has 0 spiro atoms. The van der Waals surface area contributed by atoms with E-state index in [2.05, 4.69) is 31.2 Å². The molecule has 1 aromatic heterocycles. The van der Waals surface area contributed by atoms with Gasteiger partial charge in [0.25, 0.3) is 5.91 Å². The van der Waals surface area contributed by atoms with Gasteiger partial charge in [-0.25, -0.2) is 0 Å². The van der Waals surface area contributed by atoms with Gasteiger partial charge in [0.15, 0.2) is 5.69 Å². The zero-order valence-corrected chi connectivity index (χ0v) is 14.3.